The third-order valence-electron chi connectivity index (χ3n) is 1.75. The summed E-state index contributed by atoms with van der Waals surface area (Å²) in [6, 6.07) is 0. The van der Waals surface area contributed by atoms with Gasteiger partial charge in [-0.05, 0) is 6.26 Å². The Balaban J connectivity index is 3.90. The Morgan fingerprint density at radius 3 is 2.71 bits per heavy atom. The van der Waals surface area contributed by atoms with Crippen LogP contribution in [0.4, 0.5) is 0 Å². The number of nitrogens with one attached hydrogen (secondary N) is 2. The minimum absolute atomic E-state index is 0.106. The van der Waals surface area contributed by atoms with E-state index in [0.717, 1.165) is 16.7 Å². The van der Waals surface area contributed by atoms with E-state index in [2.05, 4.69) is 10.1 Å². The van der Waals surface area contributed by atoms with Crippen LogP contribution in [0.3, 0.4) is 0 Å². The van der Waals surface area contributed by atoms with Crippen molar-refractivity contribution in [2.75, 3.05) is 26.5 Å². The highest BCUT2D eigenvalue weighted by atomic mass is 32.2. The number of amides is 1. The molecule has 0 aliphatic carbocycles. The summed E-state index contributed by atoms with van der Waals surface area (Å²) >= 11 is 1.13. The number of thioether (sulfide) groups is 1. The molecule has 0 fully saturated rings. The van der Waals surface area contributed by atoms with Gasteiger partial charge < -0.3 is 10.1 Å². The molecule has 0 heterocycles. The summed E-state index contributed by atoms with van der Waals surface area (Å²) in [6.45, 7) is 0.384. The second-order valence-corrected chi connectivity index (χ2v) is 3.66. The summed E-state index contributed by atoms with van der Waals surface area (Å²) in [5.41, 5.74) is 0. The zero-order valence-corrected chi connectivity index (χ0v) is 10.5. The van der Waals surface area contributed by atoms with Crippen molar-refractivity contribution in [2.45, 2.75) is 6.42 Å². The number of ether oxygens (including phenoxy) is 1. The molecule has 0 aromatic heterocycles. The van der Waals surface area contributed by atoms with Gasteiger partial charge in [-0.3, -0.25) is 19.9 Å². The van der Waals surface area contributed by atoms with E-state index in [1.807, 2.05) is 6.19 Å². The molecule has 0 rings (SSSR count). The predicted molar refractivity (Wildman–Crippen MR) is 63.2 cm³/mol. The average Bonchev–Trinajstić information content (AvgIpc) is 2.33. The molecule has 0 radical (unpaired) electrons. The number of hydrogen-bond donors (Lipinski definition) is 2. The van der Waals surface area contributed by atoms with Crippen LogP contribution >= 0.6 is 11.8 Å². The van der Waals surface area contributed by atoms with Crippen LogP contribution in [0.5, 0.6) is 0 Å². The van der Waals surface area contributed by atoms with Crippen LogP contribution < -0.4 is 5.32 Å². The van der Waals surface area contributed by atoms with Gasteiger partial charge in [0.2, 0.25) is 5.91 Å². The molecule has 2 N–H and O–H groups in total. The number of nitriles is 1. The van der Waals surface area contributed by atoms with Crippen molar-refractivity contribution in [3.05, 3.63) is 0 Å². The summed E-state index contributed by atoms with van der Waals surface area (Å²) < 4.78 is 4.33. The maximum atomic E-state index is 11.1. The summed E-state index contributed by atoms with van der Waals surface area (Å²) in [7, 11) is 1.20. The SMILES string of the molecule is COC(=O)CC(=O)NCCN(C#N)C(=N)SC. The highest BCUT2D eigenvalue weighted by Gasteiger charge is 2.11. The molecular formula is C9H14N4O3S. The molecule has 17 heavy (non-hydrogen) atoms. The summed E-state index contributed by atoms with van der Waals surface area (Å²) in [4.78, 5) is 23.0. The Morgan fingerprint density at radius 1 is 1.59 bits per heavy atom. The van der Waals surface area contributed by atoms with E-state index in [0.29, 0.717) is 0 Å². The fourth-order valence-electron chi connectivity index (χ4n) is 0.880. The fourth-order valence-corrected chi connectivity index (χ4v) is 1.23. The molecule has 0 aliphatic heterocycles. The molecule has 0 unspecified atom stereocenters. The van der Waals surface area contributed by atoms with E-state index < -0.39 is 11.9 Å². The van der Waals surface area contributed by atoms with E-state index in [1.165, 1.54) is 7.11 Å². The van der Waals surface area contributed by atoms with Crippen LogP contribution in [0.15, 0.2) is 0 Å². The van der Waals surface area contributed by atoms with Gasteiger partial charge in [0.25, 0.3) is 0 Å². The van der Waals surface area contributed by atoms with Crippen LogP contribution in [0.2, 0.25) is 0 Å². The molecule has 0 aliphatic rings. The summed E-state index contributed by atoms with van der Waals surface area (Å²) in [6.07, 6.45) is 3.16. The standard InChI is InChI=1S/C9H14N4O3S/c1-16-8(15)5-7(14)12-3-4-13(6-10)9(11)17-2/h11H,3-5H2,1-2H3,(H,12,14). The van der Waals surface area contributed by atoms with Crippen molar-refractivity contribution in [3.8, 4) is 6.19 Å². The molecule has 7 nitrogen and oxygen atoms in total. The van der Waals surface area contributed by atoms with Crippen LogP contribution in [0, 0.1) is 16.9 Å². The molecule has 1 amide bonds. The largest absolute Gasteiger partial charge is 0.469 e. The lowest BCUT2D eigenvalue weighted by atomic mass is 10.4. The van der Waals surface area contributed by atoms with Gasteiger partial charge in [-0.25, -0.2) is 0 Å². The number of hydrogen-bond acceptors (Lipinski definition) is 6. The van der Waals surface area contributed by atoms with Gasteiger partial charge in [-0.15, -0.1) is 0 Å². The van der Waals surface area contributed by atoms with Crippen molar-refractivity contribution in [2.24, 2.45) is 0 Å². The minimum atomic E-state index is -0.614. The van der Waals surface area contributed by atoms with Crippen LogP contribution in [-0.4, -0.2) is 48.4 Å². The Morgan fingerprint density at radius 2 is 2.24 bits per heavy atom. The Hall–Kier alpha value is -1.75. The Bertz CT molecular complexity index is 340. The molecule has 94 valence electrons. The number of methoxy groups -OCH3 is 1. The number of amidine groups is 1. The molecular weight excluding hydrogens is 244 g/mol. The maximum absolute atomic E-state index is 11.1. The number of nitrogens with zero attached hydrogens (tertiary/aromatic N) is 2. The lowest BCUT2D eigenvalue weighted by Gasteiger charge is -2.14. The first-order valence-corrected chi connectivity index (χ1v) is 5.91. The third kappa shape index (κ3) is 6.42. The van der Waals surface area contributed by atoms with Crippen molar-refractivity contribution < 1.29 is 14.3 Å². The lowest BCUT2D eigenvalue weighted by molar-refractivity contribution is -0.143. The van der Waals surface area contributed by atoms with E-state index in [9.17, 15) is 9.59 Å². The second kappa shape index (κ2) is 8.41. The first-order valence-electron chi connectivity index (χ1n) is 4.68. The molecule has 0 atom stereocenters. The summed E-state index contributed by atoms with van der Waals surface area (Å²) in [5.74, 6) is -1.08. The van der Waals surface area contributed by atoms with E-state index >= 15 is 0 Å². The molecule has 0 bridgehead atoms. The monoisotopic (exact) mass is 258 g/mol. The molecule has 0 saturated heterocycles. The van der Waals surface area contributed by atoms with Crippen molar-refractivity contribution in [1.82, 2.24) is 10.2 Å². The molecule has 8 heteroatoms. The van der Waals surface area contributed by atoms with Gasteiger partial charge in [0.15, 0.2) is 11.4 Å². The average molecular weight is 258 g/mol. The highest BCUT2D eigenvalue weighted by molar-refractivity contribution is 8.13. The number of carbonyl (C=O) groups excluding carboxylic acids is 2. The van der Waals surface area contributed by atoms with Gasteiger partial charge >= 0.3 is 5.97 Å². The van der Waals surface area contributed by atoms with Crippen molar-refractivity contribution in [1.29, 1.82) is 10.7 Å². The van der Waals surface area contributed by atoms with Crippen LogP contribution in [0.1, 0.15) is 6.42 Å². The smallest absolute Gasteiger partial charge is 0.315 e. The molecule has 0 aromatic rings. The fraction of sp³-hybridized carbons (Fsp3) is 0.556. The van der Waals surface area contributed by atoms with E-state index in [1.54, 1.807) is 6.26 Å². The topological polar surface area (TPSA) is 106 Å². The van der Waals surface area contributed by atoms with Gasteiger partial charge in [0.05, 0.1) is 13.7 Å². The first kappa shape index (κ1) is 15.2. The van der Waals surface area contributed by atoms with Gasteiger partial charge in [0.1, 0.15) is 6.42 Å². The number of rotatable bonds is 5. The minimum Gasteiger partial charge on any atom is -0.469 e. The second-order valence-electron chi connectivity index (χ2n) is 2.86. The molecule has 0 aromatic carbocycles. The number of esters is 1. The van der Waals surface area contributed by atoms with E-state index in [-0.39, 0.29) is 24.7 Å². The maximum Gasteiger partial charge on any atom is 0.315 e. The van der Waals surface area contributed by atoms with E-state index in [4.69, 9.17) is 10.7 Å². The van der Waals surface area contributed by atoms with Crippen LogP contribution in [-0.2, 0) is 14.3 Å². The lowest BCUT2D eigenvalue weighted by Crippen LogP contribution is -2.35. The van der Waals surface area contributed by atoms with Crippen molar-refractivity contribution in [3.63, 3.8) is 0 Å². The van der Waals surface area contributed by atoms with Crippen LogP contribution in [0.25, 0.3) is 0 Å². The highest BCUT2D eigenvalue weighted by Crippen LogP contribution is 2.00. The number of carbonyl (C=O) groups is 2. The Labute approximate surface area is 104 Å². The van der Waals surface area contributed by atoms with Gasteiger partial charge in [0, 0.05) is 6.54 Å². The molecule has 0 spiro atoms. The predicted octanol–water partition coefficient (Wildman–Crippen LogP) is -0.253. The zero-order valence-electron chi connectivity index (χ0n) is 9.65. The normalized spacial score (nSPS) is 9.00. The van der Waals surface area contributed by atoms with Gasteiger partial charge in [-0.2, -0.15) is 5.26 Å². The Kier molecular flexibility index (Phi) is 7.54. The van der Waals surface area contributed by atoms with Crippen molar-refractivity contribution >= 4 is 28.8 Å². The first-order chi connectivity index (χ1) is 8.04. The third-order valence-corrected chi connectivity index (χ3v) is 2.36. The molecule has 0 saturated carbocycles. The van der Waals surface area contributed by atoms with Gasteiger partial charge in [-0.1, -0.05) is 11.8 Å². The zero-order chi connectivity index (χ0) is 13.3. The summed E-state index contributed by atoms with van der Waals surface area (Å²) in [5, 5.41) is 18.7. The quantitative estimate of drug-likeness (QED) is 0.176.